The number of aromatic hydroxyl groups is 1. The van der Waals surface area contributed by atoms with Crippen molar-refractivity contribution in [1.82, 2.24) is 9.21 Å². The molecular formula is C16H22N2O7S. The molecule has 9 nitrogen and oxygen atoms in total. The minimum atomic E-state index is -3.70. The maximum atomic E-state index is 12.4. The fourth-order valence-electron chi connectivity index (χ4n) is 2.65. The number of aliphatic carboxylic acids is 1. The van der Waals surface area contributed by atoms with Gasteiger partial charge >= 0.3 is 5.97 Å². The zero-order chi connectivity index (χ0) is 19.3. The van der Waals surface area contributed by atoms with Gasteiger partial charge in [-0.2, -0.15) is 4.31 Å². The number of carbonyl (C=O) groups is 2. The van der Waals surface area contributed by atoms with Crippen molar-refractivity contribution in [2.45, 2.75) is 12.5 Å². The zero-order valence-electron chi connectivity index (χ0n) is 14.4. The van der Waals surface area contributed by atoms with Gasteiger partial charge < -0.3 is 19.8 Å². The third-order valence-electron chi connectivity index (χ3n) is 3.97. The zero-order valence-corrected chi connectivity index (χ0v) is 15.2. The Labute approximate surface area is 151 Å². The van der Waals surface area contributed by atoms with E-state index in [1.165, 1.54) is 12.1 Å². The van der Waals surface area contributed by atoms with Crippen LogP contribution in [0.2, 0.25) is 0 Å². The quantitative estimate of drug-likeness (QED) is 0.648. The van der Waals surface area contributed by atoms with E-state index in [9.17, 15) is 23.1 Å². The number of amides is 1. The number of hydrogen-bond donors (Lipinski definition) is 2. The Morgan fingerprint density at radius 3 is 2.54 bits per heavy atom. The SMILES string of the molecule is CS(=O)(=O)N(CC(=O)O)CC1CN(C(=O)Cc2ccc(O)cc2)CCO1. The van der Waals surface area contributed by atoms with Gasteiger partial charge in [0.1, 0.15) is 12.3 Å². The Kier molecular flexibility index (Phi) is 6.57. The van der Waals surface area contributed by atoms with E-state index >= 15 is 0 Å². The molecule has 1 amide bonds. The van der Waals surface area contributed by atoms with Crippen LogP contribution in [0.1, 0.15) is 5.56 Å². The van der Waals surface area contributed by atoms with Gasteiger partial charge in [0.15, 0.2) is 0 Å². The Morgan fingerprint density at radius 1 is 1.31 bits per heavy atom. The Hall–Kier alpha value is -2.17. The topological polar surface area (TPSA) is 124 Å². The molecule has 0 spiro atoms. The van der Waals surface area contributed by atoms with Gasteiger partial charge in [0.05, 0.1) is 25.4 Å². The summed E-state index contributed by atoms with van der Waals surface area (Å²) >= 11 is 0. The van der Waals surface area contributed by atoms with Gasteiger partial charge in [0, 0.05) is 19.6 Å². The number of carboxylic acids is 1. The fourth-order valence-corrected chi connectivity index (χ4v) is 3.43. The smallest absolute Gasteiger partial charge is 0.318 e. The monoisotopic (exact) mass is 386 g/mol. The average Bonchev–Trinajstić information content (AvgIpc) is 2.55. The summed E-state index contributed by atoms with van der Waals surface area (Å²) in [5, 5.41) is 18.2. The predicted molar refractivity (Wildman–Crippen MR) is 92.2 cm³/mol. The molecule has 1 aromatic carbocycles. The highest BCUT2D eigenvalue weighted by molar-refractivity contribution is 7.88. The molecule has 1 unspecified atom stereocenters. The average molecular weight is 386 g/mol. The molecule has 10 heteroatoms. The normalized spacial score (nSPS) is 18.1. The van der Waals surface area contributed by atoms with E-state index in [-0.39, 0.29) is 37.8 Å². The van der Waals surface area contributed by atoms with Gasteiger partial charge in [-0.25, -0.2) is 8.42 Å². The van der Waals surface area contributed by atoms with Gasteiger partial charge in [-0.1, -0.05) is 12.1 Å². The van der Waals surface area contributed by atoms with Crippen molar-refractivity contribution in [3.8, 4) is 5.75 Å². The number of carboxylic acid groups (broad SMARTS) is 1. The number of phenolic OH excluding ortho intramolecular Hbond substituents is 1. The van der Waals surface area contributed by atoms with E-state index in [0.717, 1.165) is 16.1 Å². The van der Waals surface area contributed by atoms with Crippen LogP contribution in [0.4, 0.5) is 0 Å². The van der Waals surface area contributed by atoms with Crippen LogP contribution in [0.5, 0.6) is 5.75 Å². The lowest BCUT2D eigenvalue weighted by molar-refractivity contribution is -0.140. The number of morpholine rings is 1. The van der Waals surface area contributed by atoms with E-state index in [4.69, 9.17) is 9.84 Å². The third-order valence-corrected chi connectivity index (χ3v) is 5.19. The van der Waals surface area contributed by atoms with Gasteiger partial charge in [-0.05, 0) is 17.7 Å². The number of sulfonamides is 1. The van der Waals surface area contributed by atoms with E-state index in [2.05, 4.69) is 0 Å². The lowest BCUT2D eigenvalue weighted by atomic mass is 10.1. The Bertz CT molecular complexity index is 748. The number of benzene rings is 1. The molecule has 1 aliphatic heterocycles. The molecule has 1 fully saturated rings. The highest BCUT2D eigenvalue weighted by Gasteiger charge is 2.29. The molecule has 1 aromatic rings. The number of hydrogen-bond acceptors (Lipinski definition) is 6. The van der Waals surface area contributed by atoms with Crippen LogP contribution >= 0.6 is 0 Å². The predicted octanol–water partition coefficient (Wildman–Crippen LogP) is -0.492. The Morgan fingerprint density at radius 2 is 1.96 bits per heavy atom. The second-order valence-electron chi connectivity index (χ2n) is 6.13. The molecule has 1 heterocycles. The van der Waals surface area contributed by atoms with Crippen molar-refractivity contribution >= 4 is 21.9 Å². The first-order chi connectivity index (χ1) is 12.1. The molecule has 0 aliphatic carbocycles. The first-order valence-electron chi connectivity index (χ1n) is 7.99. The van der Waals surface area contributed by atoms with Crippen molar-refractivity contribution in [3.63, 3.8) is 0 Å². The molecule has 2 rings (SSSR count). The third kappa shape index (κ3) is 5.97. The maximum absolute atomic E-state index is 12.4. The summed E-state index contributed by atoms with van der Waals surface area (Å²) in [5.74, 6) is -1.29. The molecule has 2 N–H and O–H groups in total. The summed E-state index contributed by atoms with van der Waals surface area (Å²) in [6, 6.07) is 6.31. The van der Waals surface area contributed by atoms with Crippen molar-refractivity contribution in [3.05, 3.63) is 29.8 Å². The first kappa shape index (κ1) is 20.1. The molecule has 1 aliphatic rings. The van der Waals surface area contributed by atoms with Crippen molar-refractivity contribution in [1.29, 1.82) is 0 Å². The summed E-state index contributed by atoms with van der Waals surface area (Å²) in [4.78, 5) is 24.9. The van der Waals surface area contributed by atoms with E-state index < -0.39 is 28.6 Å². The van der Waals surface area contributed by atoms with Crippen LogP contribution in [0.15, 0.2) is 24.3 Å². The van der Waals surface area contributed by atoms with Crippen LogP contribution in [0.25, 0.3) is 0 Å². The number of rotatable bonds is 7. The number of nitrogens with zero attached hydrogens (tertiary/aromatic N) is 2. The molecule has 0 bridgehead atoms. The number of carbonyl (C=O) groups excluding carboxylic acids is 1. The van der Waals surface area contributed by atoms with Crippen molar-refractivity contribution in [2.75, 3.05) is 39.0 Å². The van der Waals surface area contributed by atoms with Gasteiger partial charge in [-0.15, -0.1) is 0 Å². The highest BCUT2D eigenvalue weighted by atomic mass is 32.2. The van der Waals surface area contributed by atoms with Crippen LogP contribution < -0.4 is 0 Å². The summed E-state index contributed by atoms with van der Waals surface area (Å²) < 4.78 is 29.8. The lowest BCUT2D eigenvalue weighted by Gasteiger charge is -2.35. The number of phenols is 1. The van der Waals surface area contributed by atoms with E-state index in [1.807, 2.05) is 0 Å². The largest absolute Gasteiger partial charge is 0.508 e. The highest BCUT2D eigenvalue weighted by Crippen LogP contribution is 2.14. The van der Waals surface area contributed by atoms with Crippen molar-refractivity contribution in [2.24, 2.45) is 0 Å². The van der Waals surface area contributed by atoms with Crippen LogP contribution in [-0.4, -0.2) is 84.9 Å². The van der Waals surface area contributed by atoms with Crippen LogP contribution in [0.3, 0.4) is 0 Å². The van der Waals surface area contributed by atoms with Crippen molar-refractivity contribution < 1.29 is 33.0 Å². The van der Waals surface area contributed by atoms with Gasteiger partial charge in [0.25, 0.3) is 0 Å². The fraction of sp³-hybridized carbons (Fsp3) is 0.500. The first-order valence-corrected chi connectivity index (χ1v) is 9.84. The molecule has 1 atom stereocenters. The molecular weight excluding hydrogens is 364 g/mol. The Balaban J connectivity index is 1.97. The van der Waals surface area contributed by atoms with Crippen LogP contribution in [-0.2, 0) is 30.8 Å². The molecule has 0 radical (unpaired) electrons. The minimum Gasteiger partial charge on any atom is -0.508 e. The molecule has 0 saturated carbocycles. The van der Waals surface area contributed by atoms with Gasteiger partial charge in [0.2, 0.25) is 15.9 Å². The molecule has 0 aromatic heterocycles. The van der Waals surface area contributed by atoms with Gasteiger partial charge in [-0.3, -0.25) is 9.59 Å². The standard InChI is InChI=1S/C16H22N2O7S/c1-26(23,24)18(11-16(21)22)10-14-9-17(6-7-25-14)15(20)8-12-2-4-13(19)5-3-12/h2-5,14,19H,6-11H2,1H3,(H,21,22). The second kappa shape index (κ2) is 8.47. The maximum Gasteiger partial charge on any atom is 0.318 e. The molecule has 1 saturated heterocycles. The van der Waals surface area contributed by atoms with E-state index in [0.29, 0.717) is 6.54 Å². The van der Waals surface area contributed by atoms with E-state index in [1.54, 1.807) is 17.0 Å². The number of ether oxygens (including phenoxy) is 1. The van der Waals surface area contributed by atoms with Crippen LogP contribution in [0, 0.1) is 0 Å². The summed E-state index contributed by atoms with van der Waals surface area (Å²) in [6.45, 7) is 0.0265. The molecule has 26 heavy (non-hydrogen) atoms. The second-order valence-corrected chi connectivity index (χ2v) is 8.11. The summed E-state index contributed by atoms with van der Waals surface area (Å²) in [5.41, 5.74) is 0.750. The lowest BCUT2D eigenvalue weighted by Crippen LogP contribution is -2.51. The summed E-state index contributed by atoms with van der Waals surface area (Å²) in [6.07, 6.45) is 0.492. The minimum absolute atomic E-state index is 0.118. The summed E-state index contributed by atoms with van der Waals surface area (Å²) in [7, 11) is -3.70. The molecule has 144 valence electrons.